The summed E-state index contributed by atoms with van der Waals surface area (Å²) < 4.78 is 2.20. The summed E-state index contributed by atoms with van der Waals surface area (Å²) in [5.41, 5.74) is 2.62. The van der Waals surface area contributed by atoms with Gasteiger partial charge in [0.15, 0.2) is 0 Å². The summed E-state index contributed by atoms with van der Waals surface area (Å²) in [7, 11) is 0. The van der Waals surface area contributed by atoms with E-state index in [-0.39, 0.29) is 0 Å². The first-order valence-electron chi connectivity index (χ1n) is 7.16. The van der Waals surface area contributed by atoms with Crippen LogP contribution in [0.2, 0.25) is 0 Å². The molecule has 0 saturated heterocycles. The van der Waals surface area contributed by atoms with Gasteiger partial charge < -0.3 is 5.32 Å². The molecule has 0 amide bonds. The number of hydrogen-bond donors (Lipinski definition) is 1. The molecule has 0 saturated carbocycles. The minimum atomic E-state index is 0.423. The van der Waals surface area contributed by atoms with Crippen LogP contribution in [0.4, 0.5) is 5.82 Å². The van der Waals surface area contributed by atoms with Crippen LogP contribution in [0.15, 0.2) is 17.5 Å². The van der Waals surface area contributed by atoms with Gasteiger partial charge in [-0.1, -0.05) is 13.3 Å². The van der Waals surface area contributed by atoms with Crippen LogP contribution in [0.5, 0.6) is 0 Å². The molecule has 1 N–H and O–H groups in total. The van der Waals surface area contributed by atoms with Gasteiger partial charge in [-0.05, 0) is 43.2 Å². The Balaban J connectivity index is 1.91. The third-order valence-corrected chi connectivity index (χ3v) is 4.92. The molecule has 102 valence electrons. The molecule has 0 aliphatic carbocycles. The molecule has 3 rings (SSSR count). The SMILES string of the molecule is CCCCc1cc2n(n1)C(c1sccc1C)CCN2. The fourth-order valence-corrected chi connectivity index (χ4v) is 3.77. The zero-order chi connectivity index (χ0) is 13.2. The third-order valence-electron chi connectivity index (χ3n) is 3.80. The van der Waals surface area contributed by atoms with E-state index >= 15 is 0 Å². The largest absolute Gasteiger partial charge is 0.370 e. The van der Waals surface area contributed by atoms with Crippen molar-refractivity contribution in [1.29, 1.82) is 0 Å². The minimum absolute atomic E-state index is 0.423. The summed E-state index contributed by atoms with van der Waals surface area (Å²) in [6, 6.07) is 4.86. The van der Waals surface area contributed by atoms with E-state index in [1.165, 1.54) is 34.8 Å². The van der Waals surface area contributed by atoms with Gasteiger partial charge >= 0.3 is 0 Å². The van der Waals surface area contributed by atoms with Gasteiger partial charge in [0.2, 0.25) is 0 Å². The number of fused-ring (bicyclic) bond motifs is 1. The molecule has 1 atom stereocenters. The van der Waals surface area contributed by atoms with Crippen LogP contribution in [0.25, 0.3) is 0 Å². The highest BCUT2D eigenvalue weighted by atomic mass is 32.1. The number of thiophene rings is 1. The molecular weight excluding hydrogens is 254 g/mol. The van der Waals surface area contributed by atoms with Gasteiger partial charge in [0.1, 0.15) is 5.82 Å². The standard InChI is InChI=1S/C15H21N3S/c1-3-4-5-12-10-14-16-8-6-13(18(14)17-12)15-11(2)7-9-19-15/h7,9-10,13,16H,3-6,8H2,1-2H3. The van der Waals surface area contributed by atoms with E-state index < -0.39 is 0 Å². The van der Waals surface area contributed by atoms with Crippen molar-refractivity contribution in [3.63, 3.8) is 0 Å². The average molecular weight is 275 g/mol. The van der Waals surface area contributed by atoms with Crippen molar-refractivity contribution in [2.75, 3.05) is 11.9 Å². The van der Waals surface area contributed by atoms with Crippen LogP contribution in [-0.4, -0.2) is 16.3 Å². The predicted octanol–water partition coefficient (Wildman–Crippen LogP) is 4.00. The van der Waals surface area contributed by atoms with Gasteiger partial charge in [-0.15, -0.1) is 11.3 Å². The quantitative estimate of drug-likeness (QED) is 0.914. The van der Waals surface area contributed by atoms with Crippen LogP contribution in [-0.2, 0) is 6.42 Å². The summed E-state index contributed by atoms with van der Waals surface area (Å²) >= 11 is 1.86. The summed E-state index contributed by atoms with van der Waals surface area (Å²) in [4.78, 5) is 1.47. The summed E-state index contributed by atoms with van der Waals surface area (Å²) in [5.74, 6) is 1.19. The van der Waals surface area contributed by atoms with E-state index in [1.54, 1.807) is 0 Å². The van der Waals surface area contributed by atoms with Gasteiger partial charge in [0, 0.05) is 17.5 Å². The normalized spacial score (nSPS) is 18.1. The number of nitrogens with one attached hydrogen (secondary N) is 1. The predicted molar refractivity (Wildman–Crippen MR) is 81.1 cm³/mol. The Morgan fingerprint density at radius 2 is 2.42 bits per heavy atom. The molecule has 0 spiro atoms. The monoisotopic (exact) mass is 275 g/mol. The molecule has 3 heterocycles. The molecule has 3 nitrogen and oxygen atoms in total. The molecule has 2 aromatic rings. The van der Waals surface area contributed by atoms with Crippen molar-refractivity contribution in [2.45, 2.75) is 45.6 Å². The molecule has 0 aromatic carbocycles. The van der Waals surface area contributed by atoms with E-state index in [9.17, 15) is 0 Å². The number of anilines is 1. The van der Waals surface area contributed by atoms with E-state index in [2.05, 4.69) is 41.4 Å². The lowest BCUT2D eigenvalue weighted by Gasteiger charge is -2.25. The lowest BCUT2D eigenvalue weighted by Crippen LogP contribution is -2.24. The second-order valence-corrected chi connectivity index (χ2v) is 6.22. The third kappa shape index (κ3) is 2.41. The minimum Gasteiger partial charge on any atom is -0.370 e. The highest BCUT2D eigenvalue weighted by molar-refractivity contribution is 7.10. The first-order chi connectivity index (χ1) is 9.29. The lowest BCUT2D eigenvalue weighted by molar-refractivity contribution is 0.482. The Hall–Kier alpha value is -1.29. The number of aryl methyl sites for hydroxylation is 2. The Bertz CT molecular complexity index is 555. The van der Waals surface area contributed by atoms with Gasteiger partial charge in [0.25, 0.3) is 0 Å². The van der Waals surface area contributed by atoms with Crippen molar-refractivity contribution in [2.24, 2.45) is 0 Å². The Labute approximate surface area is 118 Å². The maximum Gasteiger partial charge on any atom is 0.125 e. The number of nitrogens with zero attached hydrogens (tertiary/aromatic N) is 2. The molecule has 0 fully saturated rings. The number of hydrogen-bond acceptors (Lipinski definition) is 3. The van der Waals surface area contributed by atoms with E-state index in [0.29, 0.717) is 6.04 Å². The lowest BCUT2D eigenvalue weighted by atomic mass is 10.1. The Morgan fingerprint density at radius 1 is 1.53 bits per heavy atom. The second kappa shape index (κ2) is 5.37. The van der Waals surface area contributed by atoms with E-state index in [1.807, 2.05) is 11.3 Å². The molecule has 1 aliphatic heterocycles. The molecule has 4 heteroatoms. The van der Waals surface area contributed by atoms with Crippen molar-refractivity contribution < 1.29 is 0 Å². The molecule has 0 bridgehead atoms. The van der Waals surface area contributed by atoms with Gasteiger partial charge in [-0.2, -0.15) is 5.10 Å². The summed E-state index contributed by atoms with van der Waals surface area (Å²) in [6.45, 7) is 5.47. The maximum absolute atomic E-state index is 4.83. The number of rotatable bonds is 4. The fraction of sp³-hybridized carbons (Fsp3) is 0.533. The van der Waals surface area contributed by atoms with Gasteiger partial charge in [-0.25, -0.2) is 4.68 Å². The number of unbranched alkanes of at least 4 members (excludes halogenated alkanes) is 1. The van der Waals surface area contributed by atoms with Crippen molar-refractivity contribution in [1.82, 2.24) is 9.78 Å². The van der Waals surface area contributed by atoms with Crippen molar-refractivity contribution in [3.8, 4) is 0 Å². The zero-order valence-electron chi connectivity index (χ0n) is 11.6. The van der Waals surface area contributed by atoms with Gasteiger partial charge in [-0.3, -0.25) is 0 Å². The van der Waals surface area contributed by atoms with Crippen LogP contribution in [0.3, 0.4) is 0 Å². The molecule has 2 aromatic heterocycles. The first kappa shape index (κ1) is 12.7. The molecular formula is C15H21N3S. The van der Waals surface area contributed by atoms with E-state index in [4.69, 9.17) is 5.10 Å². The van der Waals surface area contributed by atoms with Crippen LogP contribution >= 0.6 is 11.3 Å². The average Bonchev–Trinajstić information content (AvgIpc) is 3.01. The van der Waals surface area contributed by atoms with Crippen molar-refractivity contribution >= 4 is 17.2 Å². The van der Waals surface area contributed by atoms with Crippen LogP contribution in [0, 0.1) is 6.92 Å². The summed E-state index contributed by atoms with van der Waals surface area (Å²) in [6.07, 6.45) is 4.67. The van der Waals surface area contributed by atoms with Gasteiger partial charge in [0.05, 0.1) is 11.7 Å². The highest BCUT2D eigenvalue weighted by Crippen LogP contribution is 2.34. The first-order valence-corrected chi connectivity index (χ1v) is 8.04. The Kier molecular flexibility index (Phi) is 3.60. The molecule has 0 radical (unpaired) electrons. The topological polar surface area (TPSA) is 29.9 Å². The number of aromatic nitrogens is 2. The Morgan fingerprint density at radius 3 is 3.16 bits per heavy atom. The van der Waals surface area contributed by atoms with Crippen molar-refractivity contribution in [3.05, 3.63) is 33.6 Å². The fourth-order valence-electron chi connectivity index (χ4n) is 2.72. The van der Waals surface area contributed by atoms with E-state index in [0.717, 1.165) is 19.4 Å². The second-order valence-electron chi connectivity index (χ2n) is 5.27. The zero-order valence-corrected chi connectivity index (χ0v) is 12.5. The molecule has 1 unspecified atom stereocenters. The van der Waals surface area contributed by atoms with Crippen LogP contribution in [0.1, 0.15) is 48.4 Å². The summed E-state index contributed by atoms with van der Waals surface area (Å²) in [5, 5.41) is 10.5. The maximum atomic E-state index is 4.83. The molecule has 19 heavy (non-hydrogen) atoms. The highest BCUT2D eigenvalue weighted by Gasteiger charge is 2.24. The van der Waals surface area contributed by atoms with Crippen LogP contribution < -0.4 is 5.32 Å². The molecule has 1 aliphatic rings. The smallest absolute Gasteiger partial charge is 0.125 e.